The number of carboxylic acids is 1. The number of carbonyl (C=O) groups excluding carboxylic acids is 1. The second-order valence-electron chi connectivity index (χ2n) is 6.83. The number of anilines is 2. The molecule has 1 atom stereocenters. The van der Waals surface area contributed by atoms with Crippen molar-refractivity contribution in [2.75, 3.05) is 10.0 Å². The smallest absolute Gasteiger partial charge is 0.316 e. The minimum atomic E-state index is -3.94. The molecule has 0 saturated heterocycles. The number of sulfonamides is 1. The van der Waals surface area contributed by atoms with E-state index in [-0.39, 0.29) is 17.0 Å². The van der Waals surface area contributed by atoms with E-state index < -0.39 is 27.9 Å². The molecule has 0 aliphatic rings. The van der Waals surface area contributed by atoms with E-state index in [2.05, 4.69) is 10.0 Å². The molecule has 8 nitrogen and oxygen atoms in total. The second kappa shape index (κ2) is 9.31. The number of amides is 2. The maximum absolute atomic E-state index is 12.8. The van der Waals surface area contributed by atoms with E-state index in [1.165, 1.54) is 24.3 Å². The number of rotatable bonds is 8. The number of hydrogen-bond acceptors (Lipinski definition) is 4. The third kappa shape index (κ3) is 5.83. The van der Waals surface area contributed by atoms with Crippen LogP contribution in [0.1, 0.15) is 17.0 Å². The van der Waals surface area contributed by atoms with Crippen LogP contribution in [0.2, 0.25) is 0 Å². The van der Waals surface area contributed by atoms with Gasteiger partial charge in [0.15, 0.2) is 0 Å². The van der Waals surface area contributed by atoms with Crippen molar-refractivity contribution in [3.05, 3.63) is 90.0 Å². The summed E-state index contributed by atoms with van der Waals surface area (Å²) in [6, 6.07) is 20.3. The highest BCUT2D eigenvalue weighted by Crippen LogP contribution is 2.24. The molecular formula is C22H21N3O5S. The molecular weight excluding hydrogens is 418 g/mol. The fourth-order valence-corrected chi connectivity index (χ4v) is 4.22. The lowest BCUT2D eigenvalue weighted by Crippen LogP contribution is -2.20. The zero-order valence-corrected chi connectivity index (χ0v) is 17.2. The molecule has 3 rings (SSSR count). The quantitative estimate of drug-likeness (QED) is 0.426. The third-order valence-electron chi connectivity index (χ3n) is 4.53. The summed E-state index contributed by atoms with van der Waals surface area (Å²) in [6.07, 6.45) is 0.201. The summed E-state index contributed by atoms with van der Waals surface area (Å²) in [5, 5.41) is 12.0. The molecule has 0 aliphatic heterocycles. The molecule has 0 radical (unpaired) electrons. The van der Waals surface area contributed by atoms with Crippen LogP contribution in [0.25, 0.3) is 0 Å². The summed E-state index contributed by atoms with van der Waals surface area (Å²) in [5.41, 5.74) is 6.94. The second-order valence-corrected chi connectivity index (χ2v) is 8.51. The number of carbonyl (C=O) groups is 2. The SMILES string of the molecule is NC(=O)Nc1cccc(S(=O)(=O)Nc2cccc(CC(C(=O)O)c3ccccc3)c2)c1. The predicted octanol–water partition coefficient (Wildman–Crippen LogP) is 3.39. The molecule has 0 fully saturated rings. The molecule has 1 unspecified atom stereocenters. The summed E-state index contributed by atoms with van der Waals surface area (Å²) in [6.45, 7) is 0. The first kappa shape index (κ1) is 21.8. The van der Waals surface area contributed by atoms with Crippen molar-refractivity contribution in [3.8, 4) is 0 Å². The Morgan fingerprint density at radius 2 is 1.58 bits per heavy atom. The van der Waals surface area contributed by atoms with E-state index >= 15 is 0 Å². The van der Waals surface area contributed by atoms with Gasteiger partial charge in [-0.05, 0) is 47.9 Å². The molecule has 31 heavy (non-hydrogen) atoms. The van der Waals surface area contributed by atoms with Gasteiger partial charge in [-0.2, -0.15) is 0 Å². The Balaban J connectivity index is 1.81. The Hall–Kier alpha value is -3.85. The van der Waals surface area contributed by atoms with Crippen LogP contribution in [0.3, 0.4) is 0 Å². The Morgan fingerprint density at radius 3 is 2.26 bits per heavy atom. The monoisotopic (exact) mass is 439 g/mol. The zero-order valence-electron chi connectivity index (χ0n) is 16.4. The van der Waals surface area contributed by atoms with Crippen LogP contribution in [-0.4, -0.2) is 25.5 Å². The summed E-state index contributed by atoms with van der Waals surface area (Å²) in [4.78, 5) is 22.7. The molecule has 0 aromatic heterocycles. The van der Waals surface area contributed by atoms with E-state index in [4.69, 9.17) is 5.73 Å². The number of urea groups is 1. The summed E-state index contributed by atoms with van der Waals surface area (Å²) < 4.78 is 28.0. The molecule has 0 spiro atoms. The number of nitrogens with one attached hydrogen (secondary N) is 2. The van der Waals surface area contributed by atoms with Gasteiger partial charge in [0.05, 0.1) is 10.8 Å². The van der Waals surface area contributed by atoms with Gasteiger partial charge in [0.2, 0.25) is 0 Å². The fourth-order valence-electron chi connectivity index (χ4n) is 3.13. The van der Waals surface area contributed by atoms with Crippen molar-refractivity contribution in [1.29, 1.82) is 0 Å². The average Bonchev–Trinajstić information content (AvgIpc) is 2.72. The Kier molecular flexibility index (Phi) is 6.56. The number of nitrogens with two attached hydrogens (primary N) is 1. The van der Waals surface area contributed by atoms with E-state index in [1.54, 1.807) is 48.5 Å². The number of carboxylic acid groups (broad SMARTS) is 1. The maximum atomic E-state index is 12.8. The van der Waals surface area contributed by atoms with Crippen molar-refractivity contribution in [3.63, 3.8) is 0 Å². The molecule has 0 heterocycles. The van der Waals surface area contributed by atoms with Gasteiger partial charge in [0.1, 0.15) is 0 Å². The molecule has 0 saturated carbocycles. The van der Waals surface area contributed by atoms with Gasteiger partial charge >= 0.3 is 12.0 Å². The first-order valence-electron chi connectivity index (χ1n) is 9.30. The molecule has 5 N–H and O–H groups in total. The lowest BCUT2D eigenvalue weighted by Gasteiger charge is -2.14. The van der Waals surface area contributed by atoms with Crippen molar-refractivity contribution < 1.29 is 23.1 Å². The number of hydrogen-bond donors (Lipinski definition) is 4. The first-order valence-corrected chi connectivity index (χ1v) is 10.8. The lowest BCUT2D eigenvalue weighted by atomic mass is 9.92. The Bertz CT molecular complexity index is 1200. The zero-order chi connectivity index (χ0) is 22.4. The van der Waals surface area contributed by atoms with E-state index in [0.29, 0.717) is 16.8 Å². The van der Waals surface area contributed by atoms with E-state index in [0.717, 1.165) is 0 Å². The minimum absolute atomic E-state index is 0.0585. The normalized spacial score (nSPS) is 12.0. The summed E-state index contributed by atoms with van der Waals surface area (Å²) >= 11 is 0. The fraction of sp³-hybridized carbons (Fsp3) is 0.0909. The predicted molar refractivity (Wildman–Crippen MR) is 117 cm³/mol. The maximum Gasteiger partial charge on any atom is 0.316 e. The molecule has 2 amide bonds. The van der Waals surface area contributed by atoms with Crippen molar-refractivity contribution in [1.82, 2.24) is 0 Å². The topological polar surface area (TPSA) is 139 Å². The van der Waals surface area contributed by atoms with Gasteiger partial charge in [-0.3, -0.25) is 9.52 Å². The highest BCUT2D eigenvalue weighted by Gasteiger charge is 2.21. The highest BCUT2D eigenvalue weighted by atomic mass is 32.2. The number of benzene rings is 3. The van der Waals surface area contributed by atoms with Crippen LogP contribution in [0.5, 0.6) is 0 Å². The average molecular weight is 439 g/mol. The van der Waals surface area contributed by atoms with Gasteiger partial charge in [0.25, 0.3) is 10.0 Å². The van der Waals surface area contributed by atoms with Gasteiger partial charge in [-0.1, -0.05) is 48.5 Å². The Morgan fingerprint density at radius 1 is 0.903 bits per heavy atom. The first-order chi connectivity index (χ1) is 14.7. The van der Waals surface area contributed by atoms with Crippen molar-refractivity contribution >= 4 is 33.4 Å². The van der Waals surface area contributed by atoms with Gasteiger partial charge in [-0.25, -0.2) is 13.2 Å². The van der Waals surface area contributed by atoms with E-state index in [9.17, 15) is 23.1 Å². The van der Waals surface area contributed by atoms with Gasteiger partial charge < -0.3 is 16.2 Å². The van der Waals surface area contributed by atoms with Crippen LogP contribution >= 0.6 is 0 Å². The molecule has 160 valence electrons. The number of aliphatic carboxylic acids is 1. The van der Waals surface area contributed by atoms with Crippen LogP contribution in [-0.2, 0) is 21.2 Å². The molecule has 3 aromatic rings. The van der Waals surface area contributed by atoms with Crippen molar-refractivity contribution in [2.24, 2.45) is 5.73 Å². The van der Waals surface area contributed by atoms with Crippen LogP contribution in [0.15, 0.2) is 83.8 Å². The standard InChI is InChI=1S/C22H21N3O5S/c23-22(28)24-17-9-5-11-19(14-17)31(29,30)25-18-10-4-6-15(12-18)13-20(21(26)27)16-7-2-1-3-8-16/h1-12,14,20,25H,13H2,(H,26,27)(H3,23,24,28). The van der Waals surface area contributed by atoms with Crippen LogP contribution < -0.4 is 15.8 Å². The molecule has 0 aliphatic carbocycles. The van der Waals surface area contributed by atoms with Crippen LogP contribution in [0.4, 0.5) is 16.2 Å². The molecule has 3 aromatic carbocycles. The highest BCUT2D eigenvalue weighted by molar-refractivity contribution is 7.92. The van der Waals surface area contributed by atoms with Crippen LogP contribution in [0, 0.1) is 0 Å². The lowest BCUT2D eigenvalue weighted by molar-refractivity contribution is -0.138. The van der Waals surface area contributed by atoms with E-state index in [1.807, 2.05) is 6.07 Å². The summed E-state index contributed by atoms with van der Waals surface area (Å²) in [5.74, 6) is -1.72. The Labute approximate surface area is 179 Å². The molecule has 9 heteroatoms. The van der Waals surface area contributed by atoms with Gasteiger partial charge in [-0.15, -0.1) is 0 Å². The molecule has 0 bridgehead atoms. The van der Waals surface area contributed by atoms with Crippen molar-refractivity contribution in [2.45, 2.75) is 17.2 Å². The number of primary amides is 1. The van der Waals surface area contributed by atoms with Gasteiger partial charge in [0, 0.05) is 11.4 Å². The largest absolute Gasteiger partial charge is 0.481 e. The third-order valence-corrected chi connectivity index (χ3v) is 5.91. The summed E-state index contributed by atoms with van der Waals surface area (Å²) in [7, 11) is -3.94. The minimum Gasteiger partial charge on any atom is -0.481 e.